The molecule has 0 saturated carbocycles. The summed E-state index contributed by atoms with van der Waals surface area (Å²) in [5.74, 6) is 0.421. The summed E-state index contributed by atoms with van der Waals surface area (Å²) in [5, 5.41) is 4.41. The number of aromatic nitrogens is 2. The van der Waals surface area contributed by atoms with Crippen LogP contribution >= 0.6 is 0 Å². The van der Waals surface area contributed by atoms with Gasteiger partial charge in [-0.1, -0.05) is 6.07 Å². The van der Waals surface area contributed by atoms with E-state index in [9.17, 15) is 22.8 Å². The second kappa shape index (κ2) is 9.81. The molecule has 1 atom stereocenters. The van der Waals surface area contributed by atoms with Crippen molar-refractivity contribution in [2.45, 2.75) is 19.1 Å². The molecule has 1 aromatic heterocycles. The van der Waals surface area contributed by atoms with Crippen molar-refractivity contribution in [1.29, 1.82) is 0 Å². The van der Waals surface area contributed by atoms with Gasteiger partial charge >= 0.3 is 6.18 Å². The quantitative estimate of drug-likeness (QED) is 0.548. The van der Waals surface area contributed by atoms with Gasteiger partial charge in [-0.2, -0.15) is 18.3 Å². The number of hydrogen-bond acceptors (Lipinski definition) is 5. The minimum atomic E-state index is -4.41. The van der Waals surface area contributed by atoms with Crippen molar-refractivity contribution in [3.8, 4) is 17.0 Å². The van der Waals surface area contributed by atoms with Gasteiger partial charge in [0.2, 0.25) is 5.91 Å². The first-order chi connectivity index (χ1) is 16.7. The molecule has 1 aliphatic rings. The van der Waals surface area contributed by atoms with E-state index in [0.717, 1.165) is 17.7 Å². The van der Waals surface area contributed by atoms with Gasteiger partial charge in [0.05, 0.1) is 18.4 Å². The largest absolute Gasteiger partial charge is 0.497 e. The Morgan fingerprint density at radius 2 is 1.69 bits per heavy atom. The Kier molecular flexibility index (Phi) is 6.81. The van der Waals surface area contributed by atoms with Crippen molar-refractivity contribution >= 4 is 11.6 Å². The molecular formula is C25H25F3N4O3. The summed E-state index contributed by atoms with van der Waals surface area (Å²) < 4.78 is 45.5. The monoisotopic (exact) mass is 486 g/mol. The third-order valence-corrected chi connectivity index (χ3v) is 6.07. The lowest BCUT2D eigenvalue weighted by Crippen LogP contribution is -2.51. The van der Waals surface area contributed by atoms with E-state index in [-0.39, 0.29) is 5.91 Å². The number of hydrogen-bond donors (Lipinski definition) is 0. The number of carbonyl (C=O) groups excluding carboxylic acids is 1. The Balaban J connectivity index is 1.46. The maximum atomic E-state index is 13.2. The zero-order valence-electron chi connectivity index (χ0n) is 19.3. The molecule has 2 aromatic carbocycles. The van der Waals surface area contributed by atoms with Crippen LogP contribution in [0.25, 0.3) is 11.3 Å². The van der Waals surface area contributed by atoms with Crippen molar-refractivity contribution in [3.63, 3.8) is 0 Å². The Morgan fingerprint density at radius 3 is 2.31 bits per heavy atom. The molecule has 4 rings (SSSR count). The highest BCUT2D eigenvalue weighted by Crippen LogP contribution is 2.32. The highest BCUT2D eigenvalue weighted by molar-refractivity contribution is 5.80. The molecule has 0 spiro atoms. The van der Waals surface area contributed by atoms with E-state index in [0.29, 0.717) is 43.3 Å². The molecule has 1 saturated heterocycles. The van der Waals surface area contributed by atoms with Crippen LogP contribution in [0.1, 0.15) is 18.5 Å². The Morgan fingerprint density at radius 1 is 1.00 bits per heavy atom. The number of methoxy groups -OCH3 is 1. The van der Waals surface area contributed by atoms with Gasteiger partial charge in [-0.25, -0.2) is 4.68 Å². The predicted octanol–water partition coefficient (Wildman–Crippen LogP) is 3.85. The predicted molar refractivity (Wildman–Crippen MR) is 125 cm³/mol. The summed E-state index contributed by atoms with van der Waals surface area (Å²) in [6, 6.07) is 14.5. The first-order valence-electron chi connectivity index (χ1n) is 11.1. The second-order valence-electron chi connectivity index (χ2n) is 8.27. The van der Waals surface area contributed by atoms with Crippen LogP contribution in [0.15, 0.2) is 65.5 Å². The van der Waals surface area contributed by atoms with E-state index in [1.807, 2.05) is 17.0 Å². The summed E-state index contributed by atoms with van der Waals surface area (Å²) >= 11 is 0. The van der Waals surface area contributed by atoms with Crippen LogP contribution in [-0.4, -0.2) is 53.9 Å². The molecule has 1 amide bonds. The number of carbonyl (C=O) groups is 1. The lowest BCUT2D eigenvalue weighted by atomic mass is 10.1. The second-order valence-corrected chi connectivity index (χ2v) is 8.27. The van der Waals surface area contributed by atoms with Crippen molar-refractivity contribution in [1.82, 2.24) is 14.7 Å². The number of amides is 1. The van der Waals surface area contributed by atoms with E-state index >= 15 is 0 Å². The summed E-state index contributed by atoms with van der Waals surface area (Å²) in [7, 11) is 1.57. The van der Waals surface area contributed by atoms with Gasteiger partial charge in [0.15, 0.2) is 0 Å². The molecule has 7 nitrogen and oxygen atoms in total. The summed E-state index contributed by atoms with van der Waals surface area (Å²) in [5.41, 5.74) is 0.676. The van der Waals surface area contributed by atoms with Crippen molar-refractivity contribution in [2.75, 3.05) is 38.2 Å². The number of rotatable bonds is 5. The van der Waals surface area contributed by atoms with Gasteiger partial charge in [0.25, 0.3) is 5.56 Å². The van der Waals surface area contributed by atoms with Crippen molar-refractivity contribution in [3.05, 3.63) is 76.6 Å². The maximum absolute atomic E-state index is 13.2. The minimum absolute atomic E-state index is 0.268. The van der Waals surface area contributed by atoms with Crippen molar-refractivity contribution < 1.29 is 22.7 Å². The molecule has 0 bridgehead atoms. The fourth-order valence-corrected chi connectivity index (χ4v) is 4.05. The molecule has 1 aliphatic heterocycles. The number of nitrogens with zero attached hydrogens (tertiary/aromatic N) is 4. The molecule has 3 aromatic rings. The molecule has 0 radical (unpaired) electrons. The van der Waals surface area contributed by atoms with E-state index in [4.69, 9.17) is 4.74 Å². The molecule has 0 N–H and O–H groups in total. The number of halogens is 3. The summed E-state index contributed by atoms with van der Waals surface area (Å²) in [4.78, 5) is 29.1. The van der Waals surface area contributed by atoms with Crippen LogP contribution in [0, 0.1) is 0 Å². The van der Waals surface area contributed by atoms with Crippen molar-refractivity contribution in [2.24, 2.45) is 0 Å². The number of alkyl halides is 3. The molecular weight excluding hydrogens is 461 g/mol. The minimum Gasteiger partial charge on any atom is -0.497 e. The molecule has 1 unspecified atom stereocenters. The van der Waals surface area contributed by atoms with Gasteiger partial charge < -0.3 is 14.5 Å². The SMILES string of the molecule is COc1ccc(-c2ccc(=O)n(C(C)C(=O)N3CCN(c4cccc(C(F)(F)F)c4)CC3)n2)cc1. The van der Waals surface area contributed by atoms with Crippen LogP contribution in [0.2, 0.25) is 0 Å². The van der Waals surface area contributed by atoms with Gasteiger partial charge in [0.1, 0.15) is 11.8 Å². The topological polar surface area (TPSA) is 67.7 Å². The smallest absolute Gasteiger partial charge is 0.416 e. The van der Waals surface area contributed by atoms with Gasteiger partial charge in [-0.3, -0.25) is 9.59 Å². The summed E-state index contributed by atoms with van der Waals surface area (Å²) in [6.07, 6.45) is -4.41. The van der Waals surface area contributed by atoms with Gasteiger partial charge in [0, 0.05) is 43.5 Å². The number of piperazine rings is 1. The highest BCUT2D eigenvalue weighted by atomic mass is 19.4. The van der Waals surface area contributed by atoms with Crippen LogP contribution in [0.3, 0.4) is 0 Å². The molecule has 1 fully saturated rings. The third kappa shape index (κ3) is 5.31. The zero-order valence-corrected chi connectivity index (χ0v) is 19.3. The van der Waals surface area contributed by atoms with E-state index in [1.54, 1.807) is 43.2 Å². The zero-order chi connectivity index (χ0) is 25.2. The van der Waals surface area contributed by atoms with Gasteiger partial charge in [-0.15, -0.1) is 0 Å². The number of benzene rings is 2. The van der Waals surface area contributed by atoms with E-state index in [1.165, 1.54) is 16.8 Å². The fraction of sp³-hybridized carbons (Fsp3) is 0.320. The van der Waals surface area contributed by atoms with E-state index < -0.39 is 23.3 Å². The highest BCUT2D eigenvalue weighted by Gasteiger charge is 2.32. The molecule has 0 aliphatic carbocycles. The maximum Gasteiger partial charge on any atom is 0.416 e. The molecule has 10 heteroatoms. The molecule has 35 heavy (non-hydrogen) atoms. The van der Waals surface area contributed by atoms with Crippen LogP contribution in [-0.2, 0) is 11.0 Å². The number of ether oxygens (including phenoxy) is 1. The Hall–Kier alpha value is -3.82. The van der Waals surface area contributed by atoms with Crippen LogP contribution in [0.4, 0.5) is 18.9 Å². The summed E-state index contributed by atoms with van der Waals surface area (Å²) in [6.45, 7) is 3.04. The van der Waals surface area contributed by atoms with Gasteiger partial charge in [-0.05, 0) is 55.5 Å². The average molecular weight is 486 g/mol. The van der Waals surface area contributed by atoms with Crippen LogP contribution in [0.5, 0.6) is 5.75 Å². The standard InChI is InChI=1S/C25H25F3N4O3/c1-17(32-23(33)11-10-22(29-32)18-6-8-21(35-2)9-7-18)24(34)31-14-12-30(13-15-31)20-5-3-4-19(16-20)25(26,27)28/h3-11,16-17H,12-15H2,1-2H3. The number of anilines is 1. The van der Waals surface area contributed by atoms with Crippen LogP contribution < -0.4 is 15.2 Å². The van der Waals surface area contributed by atoms with E-state index in [2.05, 4.69) is 5.10 Å². The third-order valence-electron chi connectivity index (χ3n) is 6.07. The Bertz CT molecular complexity index is 1250. The fourth-order valence-electron chi connectivity index (χ4n) is 4.05. The lowest BCUT2D eigenvalue weighted by molar-refractivity contribution is -0.137. The molecule has 2 heterocycles. The first-order valence-corrected chi connectivity index (χ1v) is 11.1. The lowest BCUT2D eigenvalue weighted by Gasteiger charge is -2.37. The Labute approximate surface area is 200 Å². The average Bonchev–Trinajstić information content (AvgIpc) is 2.88. The normalized spacial score (nSPS) is 15.1. The first kappa shape index (κ1) is 24.3. The molecule has 184 valence electrons.